The van der Waals surface area contributed by atoms with Crippen LogP contribution in [0.5, 0.6) is 0 Å². The van der Waals surface area contributed by atoms with Gasteiger partial charge >= 0.3 is 0 Å². The van der Waals surface area contributed by atoms with Crippen LogP contribution in [0.3, 0.4) is 0 Å². The Bertz CT molecular complexity index is 263. The standard InChI is InChI=1S/C15H26N2/c1-3-7-16-11-13-9-12(14(16)5-1)10-17-8-4-2-6-15(13)17/h12-15H,1-11H2/p+2/t12-,13-,14-,15+/m0/s1. The molecule has 2 N–H and O–H groups in total. The van der Waals surface area contributed by atoms with Gasteiger partial charge in [0, 0.05) is 12.8 Å². The second-order valence-corrected chi connectivity index (χ2v) is 7.19. The van der Waals surface area contributed by atoms with Crippen molar-refractivity contribution < 1.29 is 9.80 Å². The first kappa shape index (κ1) is 10.8. The van der Waals surface area contributed by atoms with Gasteiger partial charge in [0.05, 0.1) is 50.1 Å². The van der Waals surface area contributed by atoms with E-state index in [2.05, 4.69) is 0 Å². The van der Waals surface area contributed by atoms with Gasteiger partial charge in [-0.15, -0.1) is 0 Å². The molecule has 6 atom stereocenters. The van der Waals surface area contributed by atoms with E-state index in [1.165, 1.54) is 51.9 Å². The number of quaternary nitrogens is 2. The van der Waals surface area contributed by atoms with Crippen molar-refractivity contribution >= 4 is 0 Å². The van der Waals surface area contributed by atoms with Gasteiger partial charge in [0.15, 0.2) is 0 Å². The van der Waals surface area contributed by atoms with Crippen LogP contribution in [0, 0.1) is 11.8 Å². The monoisotopic (exact) mass is 236 g/mol. The average molecular weight is 236 g/mol. The average Bonchev–Trinajstić information content (AvgIpc) is 2.39. The number of piperidine rings is 4. The first-order valence-electron chi connectivity index (χ1n) is 8.11. The van der Waals surface area contributed by atoms with E-state index in [0.29, 0.717) is 0 Å². The molecule has 2 unspecified atom stereocenters. The summed E-state index contributed by atoms with van der Waals surface area (Å²) >= 11 is 0. The Kier molecular flexibility index (Phi) is 2.69. The molecule has 0 amide bonds. The van der Waals surface area contributed by atoms with Gasteiger partial charge < -0.3 is 9.80 Å². The van der Waals surface area contributed by atoms with E-state index in [4.69, 9.17) is 0 Å². The van der Waals surface area contributed by atoms with Crippen LogP contribution in [0.15, 0.2) is 0 Å². The molecule has 4 fully saturated rings. The van der Waals surface area contributed by atoms with E-state index < -0.39 is 0 Å². The summed E-state index contributed by atoms with van der Waals surface area (Å²) in [5.74, 6) is 2.18. The molecule has 2 heteroatoms. The summed E-state index contributed by atoms with van der Waals surface area (Å²) in [6, 6.07) is 2.13. The Hall–Kier alpha value is -0.0800. The molecule has 96 valence electrons. The van der Waals surface area contributed by atoms with Crippen LogP contribution < -0.4 is 9.80 Å². The summed E-state index contributed by atoms with van der Waals surface area (Å²) in [5, 5.41) is 0. The summed E-state index contributed by atoms with van der Waals surface area (Å²) in [7, 11) is 0. The zero-order valence-electron chi connectivity index (χ0n) is 11.1. The Balaban J connectivity index is 1.56. The van der Waals surface area contributed by atoms with Crippen molar-refractivity contribution in [2.75, 3.05) is 26.2 Å². The molecule has 4 saturated heterocycles. The predicted molar refractivity (Wildman–Crippen MR) is 68.3 cm³/mol. The van der Waals surface area contributed by atoms with Crippen molar-refractivity contribution in [2.45, 2.75) is 57.0 Å². The van der Waals surface area contributed by atoms with Gasteiger partial charge in [-0.2, -0.15) is 0 Å². The van der Waals surface area contributed by atoms with Crippen LogP contribution in [0.4, 0.5) is 0 Å². The SMILES string of the molecule is C1CC[NH+]2C[C@@H]3C[C@@H](C[NH+]4CCCC[C@@H]34)[C@H]2C1. The molecule has 0 aromatic heterocycles. The molecule has 2 nitrogen and oxygen atoms in total. The zero-order valence-corrected chi connectivity index (χ0v) is 11.1. The van der Waals surface area contributed by atoms with E-state index in [-0.39, 0.29) is 0 Å². The maximum atomic E-state index is 2.02. The largest absolute Gasteiger partial charge is 0.332 e. The molecule has 4 rings (SSSR count). The van der Waals surface area contributed by atoms with Crippen LogP contribution >= 0.6 is 0 Å². The van der Waals surface area contributed by atoms with Gasteiger partial charge in [0.25, 0.3) is 0 Å². The zero-order chi connectivity index (χ0) is 11.2. The molecule has 17 heavy (non-hydrogen) atoms. The minimum absolute atomic E-state index is 1.07. The van der Waals surface area contributed by atoms with Gasteiger partial charge in [0.2, 0.25) is 0 Å². The quantitative estimate of drug-likeness (QED) is 0.562. The fraction of sp³-hybridized carbons (Fsp3) is 1.00. The maximum Gasteiger partial charge on any atom is 0.0957 e. The summed E-state index contributed by atoms with van der Waals surface area (Å²) < 4.78 is 0. The minimum atomic E-state index is 1.07. The van der Waals surface area contributed by atoms with Crippen molar-refractivity contribution in [3.05, 3.63) is 0 Å². The molecule has 0 aliphatic carbocycles. The van der Waals surface area contributed by atoms with Crippen molar-refractivity contribution in [3.63, 3.8) is 0 Å². The number of fused-ring (bicyclic) bond motifs is 6. The molecule has 0 spiro atoms. The smallest absolute Gasteiger partial charge is 0.0957 e. The highest BCUT2D eigenvalue weighted by Crippen LogP contribution is 2.29. The lowest BCUT2D eigenvalue weighted by Crippen LogP contribution is -3.26. The number of hydrogen-bond acceptors (Lipinski definition) is 0. The fourth-order valence-corrected chi connectivity index (χ4v) is 5.70. The Morgan fingerprint density at radius 2 is 1.18 bits per heavy atom. The minimum Gasteiger partial charge on any atom is -0.332 e. The lowest BCUT2D eigenvalue weighted by Gasteiger charge is -2.52. The van der Waals surface area contributed by atoms with E-state index >= 15 is 0 Å². The van der Waals surface area contributed by atoms with E-state index in [0.717, 1.165) is 23.9 Å². The van der Waals surface area contributed by atoms with Crippen molar-refractivity contribution in [3.8, 4) is 0 Å². The molecule has 4 heterocycles. The molecule has 4 aliphatic heterocycles. The number of nitrogens with one attached hydrogen (secondary N) is 2. The summed E-state index contributed by atoms with van der Waals surface area (Å²) in [5.41, 5.74) is 0. The fourth-order valence-electron chi connectivity index (χ4n) is 5.70. The van der Waals surface area contributed by atoms with Crippen LogP contribution in [-0.2, 0) is 0 Å². The van der Waals surface area contributed by atoms with Gasteiger partial charge in [-0.25, -0.2) is 0 Å². The lowest BCUT2D eigenvalue weighted by atomic mass is 9.71. The van der Waals surface area contributed by atoms with Gasteiger partial charge in [-0.05, 0) is 32.1 Å². The van der Waals surface area contributed by atoms with Crippen molar-refractivity contribution in [1.82, 2.24) is 0 Å². The lowest BCUT2D eigenvalue weighted by molar-refractivity contribution is -0.993. The molecule has 0 saturated carbocycles. The molecule has 4 aliphatic rings. The predicted octanol–water partition coefficient (Wildman–Crippen LogP) is -0.489. The highest BCUT2D eigenvalue weighted by Gasteiger charge is 2.51. The van der Waals surface area contributed by atoms with E-state index in [9.17, 15) is 0 Å². The van der Waals surface area contributed by atoms with Crippen LogP contribution in [0.2, 0.25) is 0 Å². The van der Waals surface area contributed by atoms with Gasteiger partial charge in [0.1, 0.15) is 0 Å². The van der Waals surface area contributed by atoms with Crippen molar-refractivity contribution in [2.24, 2.45) is 11.8 Å². The number of rotatable bonds is 0. The topological polar surface area (TPSA) is 8.88 Å². The van der Waals surface area contributed by atoms with Crippen LogP contribution in [-0.4, -0.2) is 38.3 Å². The molecule has 0 radical (unpaired) electrons. The third kappa shape index (κ3) is 1.76. The Morgan fingerprint density at radius 1 is 0.647 bits per heavy atom. The first-order chi connectivity index (χ1) is 8.42. The summed E-state index contributed by atoms with van der Waals surface area (Å²) in [6.07, 6.45) is 10.7. The van der Waals surface area contributed by atoms with Gasteiger partial charge in [-0.3, -0.25) is 0 Å². The second-order valence-electron chi connectivity index (χ2n) is 7.19. The molecular weight excluding hydrogens is 208 g/mol. The summed E-state index contributed by atoms with van der Waals surface area (Å²) in [6.45, 7) is 6.07. The molecule has 2 bridgehead atoms. The second kappa shape index (κ2) is 4.24. The van der Waals surface area contributed by atoms with Crippen LogP contribution in [0.1, 0.15) is 44.9 Å². The highest BCUT2D eigenvalue weighted by atomic mass is 15.3. The third-order valence-corrected chi connectivity index (χ3v) is 6.37. The van der Waals surface area contributed by atoms with E-state index in [1.807, 2.05) is 9.80 Å². The Labute approximate surface area is 105 Å². The first-order valence-corrected chi connectivity index (χ1v) is 8.11. The normalized spacial score (nSPS) is 53.6. The highest BCUT2D eigenvalue weighted by molar-refractivity contribution is 4.86. The molecular formula is C15H28N2+2. The van der Waals surface area contributed by atoms with Crippen LogP contribution in [0.25, 0.3) is 0 Å². The Morgan fingerprint density at radius 3 is 1.71 bits per heavy atom. The maximum absolute atomic E-state index is 2.02. The van der Waals surface area contributed by atoms with Gasteiger partial charge in [-0.1, -0.05) is 0 Å². The summed E-state index contributed by atoms with van der Waals surface area (Å²) in [4.78, 5) is 4.03. The molecule has 0 aromatic rings. The molecule has 0 aromatic carbocycles. The van der Waals surface area contributed by atoms with Crippen molar-refractivity contribution in [1.29, 1.82) is 0 Å². The number of hydrogen-bond donors (Lipinski definition) is 2. The van der Waals surface area contributed by atoms with E-state index in [1.54, 1.807) is 19.3 Å². The third-order valence-electron chi connectivity index (χ3n) is 6.37.